The standard InChI is InChI=1S/C14H21BrN2O/c1-10(2)17-14(12(15)9-16-17)13(18)8-11-6-4-3-5-7-11/h6,9-10,13,18H,3-5,7-8H2,1-2H3. The van der Waals surface area contributed by atoms with Gasteiger partial charge in [0.15, 0.2) is 0 Å². The fourth-order valence-corrected chi connectivity index (χ4v) is 3.05. The first-order valence-electron chi connectivity index (χ1n) is 6.68. The zero-order valence-corrected chi connectivity index (χ0v) is 12.7. The van der Waals surface area contributed by atoms with Crippen LogP contribution in [0.5, 0.6) is 0 Å². The molecule has 0 saturated carbocycles. The van der Waals surface area contributed by atoms with E-state index in [1.807, 2.05) is 4.68 Å². The van der Waals surface area contributed by atoms with E-state index in [0.29, 0.717) is 0 Å². The van der Waals surface area contributed by atoms with Gasteiger partial charge in [-0.1, -0.05) is 11.6 Å². The van der Waals surface area contributed by atoms with Gasteiger partial charge in [0.25, 0.3) is 0 Å². The summed E-state index contributed by atoms with van der Waals surface area (Å²) in [6.07, 6.45) is 9.16. The largest absolute Gasteiger partial charge is 0.386 e. The molecule has 0 fully saturated rings. The van der Waals surface area contributed by atoms with E-state index in [4.69, 9.17) is 0 Å². The number of rotatable bonds is 4. The average molecular weight is 313 g/mol. The third-order valence-corrected chi connectivity index (χ3v) is 4.04. The van der Waals surface area contributed by atoms with Gasteiger partial charge in [0.05, 0.1) is 16.4 Å². The van der Waals surface area contributed by atoms with Crippen molar-refractivity contribution < 1.29 is 5.11 Å². The fourth-order valence-electron chi connectivity index (χ4n) is 2.51. The summed E-state index contributed by atoms with van der Waals surface area (Å²) >= 11 is 3.49. The maximum atomic E-state index is 10.4. The van der Waals surface area contributed by atoms with E-state index in [2.05, 4.69) is 41.0 Å². The van der Waals surface area contributed by atoms with Crippen LogP contribution in [0.15, 0.2) is 22.3 Å². The summed E-state index contributed by atoms with van der Waals surface area (Å²) in [5, 5.41) is 14.8. The predicted molar refractivity (Wildman–Crippen MR) is 76.4 cm³/mol. The van der Waals surface area contributed by atoms with Gasteiger partial charge in [-0.15, -0.1) is 0 Å². The molecule has 1 heterocycles. The Kier molecular flexibility index (Phi) is 4.62. The van der Waals surface area contributed by atoms with Crippen LogP contribution in [0.2, 0.25) is 0 Å². The molecule has 0 aromatic carbocycles. The molecule has 1 atom stereocenters. The fraction of sp³-hybridized carbons (Fsp3) is 0.643. The lowest BCUT2D eigenvalue weighted by molar-refractivity contribution is 0.162. The number of aliphatic hydroxyl groups is 1. The van der Waals surface area contributed by atoms with E-state index in [1.165, 1.54) is 18.4 Å². The molecule has 1 aromatic heterocycles. The molecule has 100 valence electrons. The number of aromatic nitrogens is 2. The van der Waals surface area contributed by atoms with Crippen molar-refractivity contribution in [2.45, 2.75) is 58.1 Å². The van der Waals surface area contributed by atoms with Crippen molar-refractivity contribution in [1.82, 2.24) is 9.78 Å². The Balaban J connectivity index is 2.15. The Morgan fingerprint density at radius 1 is 1.44 bits per heavy atom. The minimum atomic E-state index is -0.464. The minimum Gasteiger partial charge on any atom is -0.386 e. The molecular weight excluding hydrogens is 292 g/mol. The molecule has 0 radical (unpaired) electrons. The number of hydrogen-bond donors (Lipinski definition) is 1. The summed E-state index contributed by atoms with van der Waals surface area (Å²) in [7, 11) is 0. The quantitative estimate of drug-likeness (QED) is 0.848. The molecule has 1 aliphatic carbocycles. The van der Waals surface area contributed by atoms with Crippen LogP contribution in [0.1, 0.15) is 63.8 Å². The summed E-state index contributed by atoms with van der Waals surface area (Å²) in [5.74, 6) is 0. The van der Waals surface area contributed by atoms with Crippen LogP contribution in [0, 0.1) is 0 Å². The SMILES string of the molecule is CC(C)n1ncc(Br)c1C(O)CC1=CCCCC1. The van der Waals surface area contributed by atoms with Crippen LogP contribution in [-0.4, -0.2) is 14.9 Å². The van der Waals surface area contributed by atoms with Crippen molar-refractivity contribution in [3.63, 3.8) is 0 Å². The van der Waals surface area contributed by atoms with Gasteiger partial charge in [-0.05, 0) is 61.9 Å². The third kappa shape index (κ3) is 3.04. The lowest BCUT2D eigenvalue weighted by atomic mass is 9.94. The van der Waals surface area contributed by atoms with E-state index in [-0.39, 0.29) is 6.04 Å². The number of nitrogens with zero attached hydrogens (tertiary/aromatic N) is 2. The molecule has 0 bridgehead atoms. The summed E-state index contributed by atoms with van der Waals surface area (Å²) < 4.78 is 2.80. The molecule has 0 spiro atoms. The maximum Gasteiger partial charge on any atom is 0.100 e. The molecule has 1 unspecified atom stereocenters. The Labute approximate surface area is 117 Å². The summed E-state index contributed by atoms with van der Waals surface area (Å²) in [6.45, 7) is 4.16. The van der Waals surface area contributed by atoms with Crippen molar-refractivity contribution in [2.24, 2.45) is 0 Å². The first-order chi connectivity index (χ1) is 8.59. The Morgan fingerprint density at radius 3 is 2.83 bits per heavy atom. The number of allylic oxidation sites excluding steroid dienone is 1. The second kappa shape index (κ2) is 6.02. The normalized spacial score (nSPS) is 17.9. The Bertz CT molecular complexity index is 437. The van der Waals surface area contributed by atoms with E-state index in [9.17, 15) is 5.11 Å². The average Bonchev–Trinajstić information content (AvgIpc) is 2.72. The number of hydrogen-bond acceptors (Lipinski definition) is 2. The predicted octanol–water partition coefficient (Wildman–Crippen LogP) is 4.15. The van der Waals surface area contributed by atoms with Gasteiger partial charge in [0, 0.05) is 6.04 Å². The second-order valence-corrected chi connectivity index (χ2v) is 6.10. The monoisotopic (exact) mass is 312 g/mol. The molecule has 0 saturated heterocycles. The lowest BCUT2D eigenvalue weighted by Gasteiger charge is -2.19. The molecule has 3 nitrogen and oxygen atoms in total. The van der Waals surface area contributed by atoms with Crippen molar-refractivity contribution in [2.75, 3.05) is 0 Å². The smallest absolute Gasteiger partial charge is 0.100 e. The van der Waals surface area contributed by atoms with Crippen molar-refractivity contribution in [3.8, 4) is 0 Å². The molecule has 1 N–H and O–H groups in total. The Morgan fingerprint density at radius 2 is 2.22 bits per heavy atom. The van der Waals surface area contributed by atoms with Crippen LogP contribution in [0.4, 0.5) is 0 Å². The van der Waals surface area contributed by atoms with Crippen LogP contribution in [0.25, 0.3) is 0 Å². The van der Waals surface area contributed by atoms with E-state index >= 15 is 0 Å². The second-order valence-electron chi connectivity index (χ2n) is 5.24. The van der Waals surface area contributed by atoms with E-state index in [0.717, 1.165) is 29.4 Å². The molecular formula is C14H21BrN2O. The molecule has 1 aliphatic rings. The van der Waals surface area contributed by atoms with Gasteiger partial charge in [0.2, 0.25) is 0 Å². The van der Waals surface area contributed by atoms with Gasteiger partial charge in [-0.3, -0.25) is 4.68 Å². The Hall–Kier alpha value is -0.610. The summed E-state index contributed by atoms with van der Waals surface area (Å²) in [6, 6.07) is 0.265. The maximum absolute atomic E-state index is 10.4. The summed E-state index contributed by atoms with van der Waals surface area (Å²) in [4.78, 5) is 0. The van der Waals surface area contributed by atoms with E-state index < -0.39 is 6.10 Å². The van der Waals surface area contributed by atoms with Crippen molar-refractivity contribution in [3.05, 3.63) is 28.0 Å². The zero-order valence-electron chi connectivity index (χ0n) is 11.1. The number of aliphatic hydroxyl groups excluding tert-OH is 1. The lowest BCUT2D eigenvalue weighted by Crippen LogP contribution is -2.12. The molecule has 4 heteroatoms. The van der Waals surface area contributed by atoms with Crippen LogP contribution in [0.3, 0.4) is 0 Å². The van der Waals surface area contributed by atoms with Crippen molar-refractivity contribution in [1.29, 1.82) is 0 Å². The minimum absolute atomic E-state index is 0.265. The van der Waals surface area contributed by atoms with Crippen LogP contribution < -0.4 is 0 Å². The zero-order chi connectivity index (χ0) is 13.1. The van der Waals surface area contributed by atoms with Crippen LogP contribution in [-0.2, 0) is 0 Å². The van der Waals surface area contributed by atoms with Gasteiger partial charge in [-0.25, -0.2) is 0 Å². The molecule has 2 rings (SSSR count). The highest BCUT2D eigenvalue weighted by Crippen LogP contribution is 2.32. The first kappa shape index (κ1) is 13.8. The highest BCUT2D eigenvalue weighted by molar-refractivity contribution is 9.10. The highest BCUT2D eigenvalue weighted by Gasteiger charge is 2.20. The van der Waals surface area contributed by atoms with Gasteiger partial charge < -0.3 is 5.11 Å². The van der Waals surface area contributed by atoms with Gasteiger partial charge >= 0.3 is 0 Å². The third-order valence-electron chi connectivity index (χ3n) is 3.43. The molecule has 18 heavy (non-hydrogen) atoms. The van der Waals surface area contributed by atoms with Gasteiger partial charge in [-0.2, -0.15) is 5.10 Å². The molecule has 1 aromatic rings. The topological polar surface area (TPSA) is 38.0 Å². The molecule has 0 aliphatic heterocycles. The first-order valence-corrected chi connectivity index (χ1v) is 7.47. The number of halogens is 1. The summed E-state index contributed by atoms with van der Waals surface area (Å²) in [5.41, 5.74) is 2.29. The van der Waals surface area contributed by atoms with Crippen LogP contribution >= 0.6 is 15.9 Å². The molecule has 0 amide bonds. The van der Waals surface area contributed by atoms with E-state index in [1.54, 1.807) is 6.20 Å². The van der Waals surface area contributed by atoms with Crippen molar-refractivity contribution >= 4 is 15.9 Å². The van der Waals surface area contributed by atoms with Gasteiger partial charge in [0.1, 0.15) is 6.10 Å². The highest BCUT2D eigenvalue weighted by atomic mass is 79.9.